The maximum Gasteiger partial charge on any atom is 0.139 e. The third-order valence-electron chi connectivity index (χ3n) is 2.37. The summed E-state index contributed by atoms with van der Waals surface area (Å²) in [5, 5.41) is 14.5. The van der Waals surface area contributed by atoms with Gasteiger partial charge in [0.05, 0.1) is 6.54 Å². The molecule has 0 amide bonds. The Morgan fingerprint density at radius 2 is 2.44 bits per heavy atom. The second-order valence-corrected chi connectivity index (χ2v) is 3.68. The molecular weight excluding hydrogens is 206 g/mol. The van der Waals surface area contributed by atoms with Gasteiger partial charge >= 0.3 is 0 Å². The summed E-state index contributed by atoms with van der Waals surface area (Å²) in [6, 6.07) is 0. The summed E-state index contributed by atoms with van der Waals surface area (Å²) in [6.45, 7) is 1.68. The molecule has 0 saturated carbocycles. The van der Waals surface area contributed by atoms with Crippen molar-refractivity contribution in [1.82, 2.24) is 14.9 Å². The monoisotopic (exact) mass is 225 g/mol. The van der Waals surface area contributed by atoms with Crippen LogP contribution in [0.4, 0.5) is 0 Å². The van der Waals surface area contributed by atoms with Crippen molar-refractivity contribution in [3.05, 3.63) is 18.2 Å². The van der Waals surface area contributed by atoms with E-state index in [2.05, 4.69) is 15.5 Å². The highest BCUT2D eigenvalue weighted by molar-refractivity contribution is 5.79. The largest absolute Gasteiger partial charge is 0.409 e. The molecule has 1 aromatic rings. The molecule has 1 aromatic heterocycles. The van der Waals surface area contributed by atoms with Gasteiger partial charge in [0.15, 0.2) is 0 Å². The summed E-state index contributed by atoms with van der Waals surface area (Å²) in [5.74, 6) is 1.32. The quantitative estimate of drug-likeness (QED) is 0.206. The van der Waals surface area contributed by atoms with Gasteiger partial charge in [-0.3, -0.25) is 0 Å². The normalized spacial score (nSPS) is 11.9. The predicted molar refractivity (Wildman–Crippen MR) is 62.2 cm³/mol. The van der Waals surface area contributed by atoms with Gasteiger partial charge in [-0.05, 0) is 19.4 Å². The molecule has 16 heavy (non-hydrogen) atoms. The zero-order valence-electron chi connectivity index (χ0n) is 9.56. The van der Waals surface area contributed by atoms with E-state index < -0.39 is 0 Å². The van der Waals surface area contributed by atoms with E-state index in [1.807, 2.05) is 17.8 Å². The number of aromatic nitrogens is 2. The van der Waals surface area contributed by atoms with Crippen LogP contribution in [0.5, 0.6) is 0 Å². The van der Waals surface area contributed by atoms with Crippen LogP contribution in [0, 0.1) is 0 Å². The van der Waals surface area contributed by atoms with E-state index in [4.69, 9.17) is 10.9 Å². The van der Waals surface area contributed by atoms with Crippen molar-refractivity contribution in [3.63, 3.8) is 0 Å². The van der Waals surface area contributed by atoms with Crippen LogP contribution in [-0.2, 0) is 13.6 Å². The maximum atomic E-state index is 8.33. The van der Waals surface area contributed by atoms with Gasteiger partial charge < -0.3 is 20.8 Å². The van der Waals surface area contributed by atoms with Gasteiger partial charge in [-0.15, -0.1) is 0 Å². The van der Waals surface area contributed by atoms with Crippen molar-refractivity contribution >= 4 is 5.84 Å². The van der Waals surface area contributed by atoms with Gasteiger partial charge in [-0.25, -0.2) is 4.98 Å². The average Bonchev–Trinajstić information content (AvgIpc) is 2.69. The molecule has 0 unspecified atom stereocenters. The van der Waals surface area contributed by atoms with Crippen LogP contribution in [0.25, 0.3) is 0 Å². The van der Waals surface area contributed by atoms with Gasteiger partial charge in [-0.1, -0.05) is 5.16 Å². The Hall–Kier alpha value is -1.56. The maximum absolute atomic E-state index is 8.33. The van der Waals surface area contributed by atoms with Crippen molar-refractivity contribution < 1.29 is 5.21 Å². The summed E-state index contributed by atoms with van der Waals surface area (Å²) in [4.78, 5) is 4.20. The molecule has 0 saturated heterocycles. The summed E-state index contributed by atoms with van der Waals surface area (Å²) >= 11 is 0. The van der Waals surface area contributed by atoms with Gasteiger partial charge in [-0.2, -0.15) is 0 Å². The number of hydrogen-bond acceptors (Lipinski definition) is 4. The third-order valence-corrected chi connectivity index (χ3v) is 2.37. The summed E-state index contributed by atoms with van der Waals surface area (Å²) in [6.07, 6.45) is 6.27. The first-order valence-electron chi connectivity index (χ1n) is 5.37. The van der Waals surface area contributed by atoms with Crippen molar-refractivity contribution in [2.24, 2.45) is 17.9 Å². The zero-order chi connectivity index (χ0) is 11.8. The van der Waals surface area contributed by atoms with Crippen LogP contribution in [0.3, 0.4) is 0 Å². The van der Waals surface area contributed by atoms with E-state index in [9.17, 15) is 0 Å². The summed E-state index contributed by atoms with van der Waals surface area (Å²) in [7, 11) is 1.97. The molecule has 6 nitrogen and oxygen atoms in total. The molecule has 0 aliphatic heterocycles. The highest BCUT2D eigenvalue weighted by atomic mass is 16.4. The van der Waals surface area contributed by atoms with E-state index in [0.29, 0.717) is 12.3 Å². The first kappa shape index (κ1) is 12.5. The fourth-order valence-corrected chi connectivity index (χ4v) is 1.37. The number of nitrogens with one attached hydrogen (secondary N) is 1. The van der Waals surface area contributed by atoms with Crippen LogP contribution in [-0.4, -0.2) is 27.1 Å². The molecule has 6 heteroatoms. The lowest BCUT2D eigenvalue weighted by molar-refractivity contribution is 0.316. The first-order chi connectivity index (χ1) is 7.74. The Morgan fingerprint density at radius 3 is 3.06 bits per heavy atom. The molecule has 4 N–H and O–H groups in total. The molecule has 0 spiro atoms. The molecule has 0 aliphatic rings. The lowest BCUT2D eigenvalue weighted by Crippen LogP contribution is -2.18. The van der Waals surface area contributed by atoms with Crippen LogP contribution in [0.15, 0.2) is 17.5 Å². The summed E-state index contributed by atoms with van der Waals surface area (Å²) in [5.41, 5.74) is 5.35. The molecule has 90 valence electrons. The highest BCUT2D eigenvalue weighted by Crippen LogP contribution is 1.96. The van der Waals surface area contributed by atoms with Crippen LogP contribution >= 0.6 is 0 Å². The SMILES string of the molecule is Cn1ccnc1CNCCCCC(N)=NO. The van der Waals surface area contributed by atoms with Crippen molar-refractivity contribution in [2.75, 3.05) is 6.54 Å². The standard InChI is InChI=1S/C10H19N5O/c1-15-7-6-13-10(15)8-12-5-3-2-4-9(11)14-16/h6-7,12,16H,2-5,8H2,1H3,(H2,11,14). The Kier molecular flexibility index (Phi) is 5.35. The molecule has 0 fully saturated rings. The smallest absolute Gasteiger partial charge is 0.139 e. The Morgan fingerprint density at radius 1 is 1.62 bits per heavy atom. The Bertz CT molecular complexity index is 334. The Balaban J connectivity index is 2.03. The van der Waals surface area contributed by atoms with E-state index in [1.165, 1.54) is 0 Å². The molecule has 0 bridgehead atoms. The molecule has 0 atom stereocenters. The van der Waals surface area contributed by atoms with Gasteiger partial charge in [0.1, 0.15) is 11.7 Å². The summed E-state index contributed by atoms with van der Waals surface area (Å²) < 4.78 is 1.99. The number of nitrogens with zero attached hydrogens (tertiary/aromatic N) is 3. The lowest BCUT2D eigenvalue weighted by Gasteiger charge is -2.04. The van der Waals surface area contributed by atoms with Crippen LogP contribution in [0.2, 0.25) is 0 Å². The number of unbranched alkanes of at least 4 members (excludes halogenated alkanes) is 1. The molecule has 0 aromatic carbocycles. The van der Waals surface area contributed by atoms with Crippen molar-refractivity contribution in [3.8, 4) is 0 Å². The lowest BCUT2D eigenvalue weighted by atomic mass is 10.2. The van der Waals surface area contributed by atoms with E-state index in [0.717, 1.165) is 31.8 Å². The number of rotatable bonds is 7. The second kappa shape index (κ2) is 6.84. The number of nitrogens with two attached hydrogens (primary N) is 1. The minimum atomic E-state index is 0.295. The second-order valence-electron chi connectivity index (χ2n) is 3.68. The molecule has 0 radical (unpaired) electrons. The van der Waals surface area contributed by atoms with Crippen LogP contribution < -0.4 is 11.1 Å². The number of amidine groups is 1. The first-order valence-corrected chi connectivity index (χ1v) is 5.37. The fraction of sp³-hybridized carbons (Fsp3) is 0.600. The topological polar surface area (TPSA) is 88.5 Å². The third kappa shape index (κ3) is 4.31. The number of oxime groups is 1. The van der Waals surface area contributed by atoms with Crippen LogP contribution in [0.1, 0.15) is 25.1 Å². The highest BCUT2D eigenvalue weighted by Gasteiger charge is 1.98. The van der Waals surface area contributed by atoms with E-state index >= 15 is 0 Å². The molecule has 1 rings (SSSR count). The minimum absolute atomic E-state index is 0.295. The number of imidazole rings is 1. The number of hydrogen-bond donors (Lipinski definition) is 3. The van der Waals surface area contributed by atoms with Crippen molar-refractivity contribution in [2.45, 2.75) is 25.8 Å². The van der Waals surface area contributed by atoms with E-state index in [1.54, 1.807) is 6.20 Å². The Labute approximate surface area is 95.2 Å². The fourth-order valence-electron chi connectivity index (χ4n) is 1.37. The van der Waals surface area contributed by atoms with Gasteiger partial charge in [0, 0.05) is 25.9 Å². The van der Waals surface area contributed by atoms with E-state index in [-0.39, 0.29) is 0 Å². The molecule has 0 aliphatic carbocycles. The zero-order valence-corrected chi connectivity index (χ0v) is 9.56. The van der Waals surface area contributed by atoms with Gasteiger partial charge in [0.25, 0.3) is 0 Å². The van der Waals surface area contributed by atoms with Crippen molar-refractivity contribution in [1.29, 1.82) is 0 Å². The molecule has 1 heterocycles. The minimum Gasteiger partial charge on any atom is -0.409 e. The average molecular weight is 225 g/mol. The van der Waals surface area contributed by atoms with Gasteiger partial charge in [0.2, 0.25) is 0 Å². The number of aryl methyl sites for hydroxylation is 1. The predicted octanol–water partition coefficient (Wildman–Crippen LogP) is 0.426. The molecular formula is C10H19N5O.